The molecule has 0 aliphatic carbocycles. The number of rotatable bonds is 17. The van der Waals surface area contributed by atoms with Gasteiger partial charge in [0, 0.05) is 69.9 Å². The van der Waals surface area contributed by atoms with Crippen LogP contribution in [0.3, 0.4) is 0 Å². The van der Waals surface area contributed by atoms with Crippen LogP contribution in [0.25, 0.3) is 64.6 Å². The molecule has 0 unspecified atom stereocenters. The first-order chi connectivity index (χ1) is 30.5. The summed E-state index contributed by atoms with van der Waals surface area (Å²) in [4.78, 5) is 69.4. The van der Waals surface area contributed by atoms with Crippen molar-refractivity contribution in [3.8, 4) is 0 Å². The van der Waals surface area contributed by atoms with Crippen molar-refractivity contribution in [2.75, 3.05) is 87.1 Å². The molecule has 0 aromatic heterocycles. The lowest BCUT2D eigenvalue weighted by molar-refractivity contribution is 0.0605. The summed E-state index contributed by atoms with van der Waals surface area (Å²) in [7, 11) is 8.17. The Bertz CT molecular complexity index is 2900. The number of nitrogens with zero attached hydrogens (tertiary/aromatic N) is 5. The Morgan fingerprint density at radius 1 is 0.524 bits per heavy atom. The molecule has 10 rings (SSSR count). The quantitative estimate of drug-likeness (QED) is 0.0295. The van der Waals surface area contributed by atoms with Crippen LogP contribution in [-0.2, 0) is 12.8 Å². The van der Waals surface area contributed by atoms with Crippen molar-refractivity contribution >= 4 is 88.0 Å². The maximum absolute atomic E-state index is 14.9. The lowest BCUT2D eigenvalue weighted by atomic mass is 9.75. The molecule has 3 aliphatic heterocycles. The van der Waals surface area contributed by atoms with Gasteiger partial charge in [-0.05, 0) is 211 Å². The minimum atomic E-state index is -0.224. The molecule has 0 atom stereocenters. The first-order valence-corrected chi connectivity index (χ1v) is 23.9. The standard InChI is InChI=1S/C54H63N5O4/c1-33(60)38-29-36-27-35(17-26-58-22-11-7-12-23-58)40-32-43-48-42(53(62)59(54(43)63)24-14-19-56(4)5)30-37-28-34(16-25-57-20-9-6-10-21-57)39-31-41(44(61)15-8-13-18-55(2)3)47(38)51-45(36)50(40)52(48)46(37)49(39)51/h27-32H,6-26H2,1-5H3. The van der Waals surface area contributed by atoms with Gasteiger partial charge in [-0.3, -0.25) is 24.1 Å². The van der Waals surface area contributed by atoms with E-state index in [1.165, 1.54) is 43.4 Å². The van der Waals surface area contributed by atoms with Gasteiger partial charge in [0.05, 0.1) is 0 Å². The average Bonchev–Trinajstić information content (AvgIpc) is 3.28. The van der Waals surface area contributed by atoms with Gasteiger partial charge in [0.15, 0.2) is 11.6 Å². The molecule has 2 saturated heterocycles. The van der Waals surface area contributed by atoms with E-state index in [1.54, 1.807) is 6.92 Å². The number of unbranched alkanes of at least 4 members (excludes halogenated alkanes) is 1. The highest BCUT2D eigenvalue weighted by atomic mass is 16.2. The Kier molecular flexibility index (Phi) is 11.4. The molecule has 0 N–H and O–H groups in total. The van der Waals surface area contributed by atoms with E-state index in [-0.39, 0.29) is 23.4 Å². The van der Waals surface area contributed by atoms with Gasteiger partial charge in [-0.2, -0.15) is 0 Å². The van der Waals surface area contributed by atoms with Gasteiger partial charge in [0.25, 0.3) is 11.8 Å². The summed E-state index contributed by atoms with van der Waals surface area (Å²) < 4.78 is 0. The number of carbonyl (C=O) groups is 4. The molecule has 3 aliphatic rings. The topological polar surface area (TPSA) is 84.5 Å². The van der Waals surface area contributed by atoms with Gasteiger partial charge in [0.1, 0.15) is 0 Å². The predicted octanol–water partition coefficient (Wildman–Crippen LogP) is 9.64. The third-order valence-corrected chi connectivity index (χ3v) is 14.9. The fraction of sp³-hybridized carbons (Fsp3) is 0.481. The minimum Gasteiger partial charge on any atom is -0.309 e. The van der Waals surface area contributed by atoms with Gasteiger partial charge in [0.2, 0.25) is 0 Å². The van der Waals surface area contributed by atoms with Crippen molar-refractivity contribution in [2.45, 2.75) is 84.0 Å². The van der Waals surface area contributed by atoms with Crippen LogP contribution in [0, 0.1) is 0 Å². The van der Waals surface area contributed by atoms with Crippen molar-refractivity contribution < 1.29 is 19.2 Å². The minimum absolute atomic E-state index is 0.0491. The van der Waals surface area contributed by atoms with Crippen LogP contribution in [-0.4, -0.2) is 135 Å². The van der Waals surface area contributed by atoms with Crippen LogP contribution < -0.4 is 0 Å². The summed E-state index contributed by atoms with van der Waals surface area (Å²) in [6.07, 6.45) is 11.8. The van der Waals surface area contributed by atoms with Gasteiger partial charge in [-0.15, -0.1) is 0 Å². The van der Waals surface area contributed by atoms with Crippen molar-refractivity contribution in [3.63, 3.8) is 0 Å². The molecule has 0 bridgehead atoms. The first-order valence-electron chi connectivity index (χ1n) is 23.9. The molecular weight excluding hydrogens is 783 g/mol. The molecule has 0 saturated carbocycles. The van der Waals surface area contributed by atoms with Crippen LogP contribution in [0.5, 0.6) is 0 Å². The maximum Gasteiger partial charge on any atom is 0.261 e. The van der Waals surface area contributed by atoms with E-state index in [1.807, 2.05) is 14.1 Å². The number of carbonyl (C=O) groups excluding carboxylic acids is 4. The highest BCUT2D eigenvalue weighted by Gasteiger charge is 2.37. The largest absolute Gasteiger partial charge is 0.309 e. The molecule has 63 heavy (non-hydrogen) atoms. The Morgan fingerprint density at radius 2 is 1.05 bits per heavy atom. The normalized spacial score (nSPS) is 17.0. The van der Waals surface area contributed by atoms with Gasteiger partial charge in [-0.25, -0.2) is 0 Å². The highest BCUT2D eigenvalue weighted by molar-refractivity contribution is 6.49. The maximum atomic E-state index is 14.9. The van der Waals surface area contributed by atoms with Gasteiger partial charge < -0.3 is 19.6 Å². The molecule has 0 spiro atoms. The van der Waals surface area contributed by atoms with Crippen LogP contribution in [0.2, 0.25) is 0 Å². The van der Waals surface area contributed by atoms with E-state index < -0.39 is 0 Å². The number of Topliss-reactive ketones (excluding diaryl/α,β-unsaturated/α-hetero) is 2. The van der Waals surface area contributed by atoms with Crippen LogP contribution >= 0.6 is 0 Å². The number of likely N-dealkylation sites (tertiary alicyclic amines) is 2. The number of imide groups is 1. The van der Waals surface area contributed by atoms with Gasteiger partial charge >= 0.3 is 0 Å². The van der Waals surface area contributed by atoms with Crippen molar-refractivity contribution in [2.24, 2.45) is 0 Å². The van der Waals surface area contributed by atoms with Crippen LogP contribution in [0.15, 0.2) is 36.4 Å². The summed E-state index contributed by atoms with van der Waals surface area (Å²) >= 11 is 0. The monoisotopic (exact) mass is 845 g/mol. The molecule has 0 radical (unpaired) electrons. The summed E-state index contributed by atoms with van der Waals surface area (Å²) in [5, 5.41) is 11.7. The summed E-state index contributed by atoms with van der Waals surface area (Å²) in [6.45, 7) is 9.85. The van der Waals surface area contributed by atoms with Crippen molar-refractivity contribution in [1.82, 2.24) is 24.5 Å². The Hall–Kier alpha value is -4.80. The number of hydrogen-bond donors (Lipinski definition) is 0. The zero-order valence-electron chi connectivity index (χ0n) is 38.2. The molecule has 2 fully saturated rings. The summed E-state index contributed by atoms with van der Waals surface area (Å²) in [6, 6.07) is 12.9. The Morgan fingerprint density at radius 3 is 1.62 bits per heavy atom. The third-order valence-electron chi connectivity index (χ3n) is 14.9. The second kappa shape index (κ2) is 17.0. The van der Waals surface area contributed by atoms with E-state index in [0.717, 1.165) is 154 Å². The van der Waals surface area contributed by atoms with Crippen molar-refractivity contribution in [1.29, 1.82) is 0 Å². The van der Waals surface area contributed by atoms with Crippen LogP contribution in [0.1, 0.15) is 124 Å². The van der Waals surface area contributed by atoms with E-state index in [2.05, 4.69) is 70.1 Å². The Labute approximate surface area is 371 Å². The molecular formula is C54H63N5O4. The number of amides is 2. The zero-order valence-corrected chi connectivity index (χ0v) is 38.2. The van der Waals surface area contributed by atoms with E-state index in [4.69, 9.17) is 0 Å². The van der Waals surface area contributed by atoms with Gasteiger partial charge in [-0.1, -0.05) is 25.0 Å². The molecule has 9 heteroatoms. The average molecular weight is 846 g/mol. The fourth-order valence-corrected chi connectivity index (χ4v) is 11.8. The fourth-order valence-electron chi connectivity index (χ4n) is 11.8. The number of ketones is 2. The highest BCUT2D eigenvalue weighted by Crippen LogP contribution is 2.53. The first kappa shape index (κ1) is 42.2. The lowest BCUT2D eigenvalue weighted by Crippen LogP contribution is -2.41. The Balaban J connectivity index is 1.29. The van der Waals surface area contributed by atoms with Crippen LogP contribution in [0.4, 0.5) is 0 Å². The second-order valence-corrected chi connectivity index (χ2v) is 19.8. The third kappa shape index (κ3) is 7.33. The zero-order chi connectivity index (χ0) is 43.7. The molecule has 9 nitrogen and oxygen atoms in total. The molecule has 3 heterocycles. The smallest absolute Gasteiger partial charge is 0.261 e. The number of benzene rings is 7. The SMILES string of the molecule is CC(=O)c1cc2cc(CCN3CCCCC3)c3cc4c5c(cc6cc(CCN7CCCCC7)c7cc(C(=O)CCCCN(C)C)c1c1c2c3c5c6c71)C(=O)N(CCCN(C)C)C4=O. The molecule has 328 valence electrons. The van der Waals surface area contributed by atoms with E-state index in [0.29, 0.717) is 41.6 Å². The lowest BCUT2D eigenvalue weighted by Gasteiger charge is -2.32. The molecule has 7 aromatic carbocycles. The van der Waals surface area contributed by atoms with E-state index >= 15 is 0 Å². The predicted molar refractivity (Wildman–Crippen MR) is 258 cm³/mol. The number of piperidine rings is 2. The van der Waals surface area contributed by atoms with E-state index in [9.17, 15) is 19.2 Å². The summed E-state index contributed by atoms with van der Waals surface area (Å²) in [5.74, 6) is -0.414. The second-order valence-electron chi connectivity index (χ2n) is 19.8. The number of hydrogen-bond acceptors (Lipinski definition) is 8. The molecule has 2 amide bonds. The summed E-state index contributed by atoms with van der Waals surface area (Å²) in [5.41, 5.74) is 4.75. The van der Waals surface area contributed by atoms with Crippen molar-refractivity contribution in [3.05, 3.63) is 69.8 Å². The molecule has 7 aromatic rings.